The zero-order valence-electron chi connectivity index (χ0n) is 16.2. The summed E-state index contributed by atoms with van der Waals surface area (Å²) < 4.78 is 10.5. The minimum absolute atomic E-state index is 0.0272. The lowest BCUT2D eigenvalue weighted by molar-refractivity contribution is -0.118. The molecule has 1 heterocycles. The number of primary amides is 2. The zero-order chi connectivity index (χ0) is 21.4. The highest BCUT2D eigenvalue weighted by atomic mass is 16.5. The summed E-state index contributed by atoms with van der Waals surface area (Å²) in [6.45, 7) is 2.52. The van der Waals surface area contributed by atoms with Crippen molar-refractivity contribution in [3.63, 3.8) is 0 Å². The summed E-state index contributed by atoms with van der Waals surface area (Å²) in [4.78, 5) is 42.1. The first-order valence-corrected chi connectivity index (χ1v) is 8.84. The molecule has 0 radical (unpaired) electrons. The van der Waals surface area contributed by atoms with Gasteiger partial charge >= 0.3 is 0 Å². The number of carbonyl (C=O) groups excluding carboxylic acids is 2. The van der Waals surface area contributed by atoms with Gasteiger partial charge in [-0.15, -0.1) is 0 Å². The molecule has 0 aliphatic heterocycles. The fraction of sp³-hybridized carbons (Fsp3) is 0.333. The van der Waals surface area contributed by atoms with Crippen LogP contribution in [0.5, 0.6) is 5.75 Å². The van der Waals surface area contributed by atoms with Crippen LogP contribution in [-0.4, -0.2) is 48.1 Å². The molecular weight excluding hydrogens is 380 g/mol. The topological polar surface area (TPSA) is 174 Å². The Morgan fingerprint density at radius 3 is 2.66 bits per heavy atom. The van der Waals surface area contributed by atoms with Crippen LogP contribution in [0.2, 0.25) is 0 Å². The highest BCUT2D eigenvalue weighted by Crippen LogP contribution is 2.22. The van der Waals surface area contributed by atoms with E-state index in [0.717, 1.165) is 0 Å². The molecule has 2 aromatic rings. The van der Waals surface area contributed by atoms with E-state index in [1.807, 2.05) is 0 Å². The van der Waals surface area contributed by atoms with E-state index in [1.165, 1.54) is 0 Å². The van der Waals surface area contributed by atoms with Gasteiger partial charge < -0.3 is 31.6 Å². The van der Waals surface area contributed by atoms with Crippen molar-refractivity contribution in [2.75, 3.05) is 31.0 Å². The number of nitrogens with zero attached hydrogens (tertiary/aromatic N) is 1. The number of rotatable bonds is 11. The van der Waals surface area contributed by atoms with Crippen LogP contribution >= 0.6 is 0 Å². The molecule has 29 heavy (non-hydrogen) atoms. The molecule has 1 aromatic heterocycles. The number of aromatic amines is 1. The number of nitrogens with one attached hydrogen (secondary N) is 3. The molecule has 0 aliphatic rings. The Morgan fingerprint density at radius 1 is 1.28 bits per heavy atom. The van der Waals surface area contributed by atoms with Gasteiger partial charge in [-0.3, -0.25) is 19.4 Å². The lowest BCUT2D eigenvalue weighted by Gasteiger charge is -2.16. The highest BCUT2D eigenvalue weighted by molar-refractivity contribution is 5.98. The Hall–Kier alpha value is -3.60. The lowest BCUT2D eigenvalue weighted by atomic mass is 10.2. The van der Waals surface area contributed by atoms with E-state index in [0.29, 0.717) is 31.1 Å². The summed E-state index contributed by atoms with van der Waals surface area (Å²) in [6, 6.07) is 6.08. The van der Waals surface area contributed by atoms with Crippen molar-refractivity contribution >= 4 is 29.3 Å². The first kappa shape index (κ1) is 21.7. The Morgan fingerprint density at radius 2 is 2.03 bits per heavy atom. The van der Waals surface area contributed by atoms with Crippen LogP contribution < -0.4 is 32.4 Å². The van der Waals surface area contributed by atoms with Crippen molar-refractivity contribution in [1.82, 2.24) is 9.97 Å². The molecule has 0 unspecified atom stereocenters. The minimum atomic E-state index is -0.956. The first-order chi connectivity index (χ1) is 13.8. The fourth-order valence-electron chi connectivity index (χ4n) is 2.44. The Bertz CT molecular complexity index is 929. The maximum atomic E-state index is 12.3. The average Bonchev–Trinajstić information content (AvgIpc) is 2.65. The van der Waals surface area contributed by atoms with Crippen LogP contribution in [0.4, 0.5) is 17.5 Å². The van der Waals surface area contributed by atoms with Gasteiger partial charge in [0.1, 0.15) is 24.0 Å². The van der Waals surface area contributed by atoms with Crippen molar-refractivity contribution in [3.05, 3.63) is 40.2 Å². The third-order valence-electron chi connectivity index (χ3n) is 3.88. The van der Waals surface area contributed by atoms with Crippen molar-refractivity contribution < 1.29 is 19.1 Å². The number of anilines is 3. The first-order valence-electron chi connectivity index (χ1n) is 8.84. The Balaban J connectivity index is 2.35. The fourth-order valence-corrected chi connectivity index (χ4v) is 2.44. The number of H-pyrrole nitrogens is 1. The summed E-state index contributed by atoms with van der Waals surface area (Å²) in [5, 5.41) is 5.62. The standard InChI is InChI=1S/C18H24N6O5/c1-3-12(14(19)25)22-18-23-16(13(15(20)26)17(27)24-18)21-10-5-4-6-11(9-10)29-8-7-28-2/h4-6,9,12H,3,7-8H2,1-2H3,(H2,19,25)(H2,20,26)(H3,21,22,23,24,27)/t12-/m1/s1. The van der Waals surface area contributed by atoms with E-state index in [2.05, 4.69) is 20.6 Å². The van der Waals surface area contributed by atoms with Crippen molar-refractivity contribution in [1.29, 1.82) is 0 Å². The number of methoxy groups -OCH3 is 1. The Labute approximate surface area is 166 Å². The minimum Gasteiger partial charge on any atom is -0.491 e. The molecule has 0 fully saturated rings. The number of hydrogen-bond acceptors (Lipinski definition) is 8. The molecule has 0 spiro atoms. The number of amides is 2. The lowest BCUT2D eigenvalue weighted by Crippen LogP contribution is -2.36. The molecule has 0 aliphatic carbocycles. The van der Waals surface area contributed by atoms with E-state index in [9.17, 15) is 14.4 Å². The van der Waals surface area contributed by atoms with Crippen LogP contribution in [0.15, 0.2) is 29.1 Å². The Kier molecular flexibility index (Phi) is 7.54. The monoisotopic (exact) mass is 404 g/mol. The molecule has 0 saturated carbocycles. The largest absolute Gasteiger partial charge is 0.491 e. The second-order valence-corrected chi connectivity index (χ2v) is 6.00. The third kappa shape index (κ3) is 5.94. The molecule has 1 aromatic carbocycles. The smallest absolute Gasteiger partial charge is 0.267 e. The zero-order valence-corrected chi connectivity index (χ0v) is 16.2. The number of ether oxygens (including phenoxy) is 2. The number of nitrogens with two attached hydrogens (primary N) is 2. The van der Waals surface area contributed by atoms with Crippen molar-refractivity contribution in [2.45, 2.75) is 19.4 Å². The number of carbonyl (C=O) groups is 2. The summed E-state index contributed by atoms with van der Waals surface area (Å²) in [5.74, 6) is -1.11. The van der Waals surface area contributed by atoms with E-state index < -0.39 is 23.4 Å². The van der Waals surface area contributed by atoms with Gasteiger partial charge in [0.05, 0.1) is 6.61 Å². The van der Waals surface area contributed by atoms with E-state index in [1.54, 1.807) is 38.3 Å². The van der Waals surface area contributed by atoms with Crippen LogP contribution in [-0.2, 0) is 9.53 Å². The maximum absolute atomic E-state index is 12.3. The second-order valence-electron chi connectivity index (χ2n) is 6.00. The van der Waals surface area contributed by atoms with Gasteiger partial charge in [-0.2, -0.15) is 4.98 Å². The van der Waals surface area contributed by atoms with Gasteiger partial charge in [0.2, 0.25) is 11.9 Å². The van der Waals surface area contributed by atoms with Crippen LogP contribution in [0.1, 0.15) is 23.7 Å². The van der Waals surface area contributed by atoms with E-state index in [4.69, 9.17) is 20.9 Å². The van der Waals surface area contributed by atoms with Gasteiger partial charge in [0.25, 0.3) is 11.5 Å². The van der Waals surface area contributed by atoms with Crippen LogP contribution in [0, 0.1) is 0 Å². The summed E-state index contributed by atoms with van der Waals surface area (Å²) in [5.41, 5.74) is 10.0. The quantitative estimate of drug-likeness (QED) is 0.333. The molecular formula is C18H24N6O5. The normalized spacial score (nSPS) is 11.5. The number of aromatic nitrogens is 2. The molecule has 7 N–H and O–H groups in total. The predicted octanol–water partition coefficient (Wildman–Crippen LogP) is 0.313. The van der Waals surface area contributed by atoms with Crippen LogP contribution in [0.25, 0.3) is 0 Å². The molecule has 1 atom stereocenters. The number of benzene rings is 1. The van der Waals surface area contributed by atoms with Gasteiger partial charge in [-0.1, -0.05) is 13.0 Å². The molecule has 0 bridgehead atoms. The summed E-state index contributed by atoms with van der Waals surface area (Å²) >= 11 is 0. The summed E-state index contributed by atoms with van der Waals surface area (Å²) in [6.07, 6.45) is 0.375. The van der Waals surface area contributed by atoms with Crippen molar-refractivity contribution in [2.24, 2.45) is 11.5 Å². The van der Waals surface area contributed by atoms with Gasteiger partial charge in [-0.05, 0) is 18.6 Å². The molecule has 2 rings (SSSR count). The highest BCUT2D eigenvalue weighted by Gasteiger charge is 2.20. The average molecular weight is 404 g/mol. The predicted molar refractivity (Wildman–Crippen MR) is 107 cm³/mol. The molecule has 11 nitrogen and oxygen atoms in total. The van der Waals surface area contributed by atoms with E-state index >= 15 is 0 Å². The molecule has 156 valence electrons. The SMILES string of the molecule is CC[C@@H](Nc1nc(Nc2cccc(OCCOC)c2)c(C(N)=O)c(=O)[nH]1)C(N)=O. The maximum Gasteiger partial charge on any atom is 0.267 e. The van der Waals surface area contributed by atoms with Gasteiger partial charge in [0.15, 0.2) is 5.82 Å². The van der Waals surface area contributed by atoms with E-state index in [-0.39, 0.29) is 17.3 Å². The van der Waals surface area contributed by atoms with Gasteiger partial charge in [0, 0.05) is 18.9 Å². The number of hydrogen-bond donors (Lipinski definition) is 5. The molecule has 0 saturated heterocycles. The molecule has 11 heteroatoms. The second kappa shape index (κ2) is 10.1. The van der Waals surface area contributed by atoms with Crippen LogP contribution in [0.3, 0.4) is 0 Å². The summed E-state index contributed by atoms with van der Waals surface area (Å²) in [7, 11) is 1.57. The molecule has 2 amide bonds. The third-order valence-corrected chi connectivity index (χ3v) is 3.88. The van der Waals surface area contributed by atoms with Crippen molar-refractivity contribution in [3.8, 4) is 5.75 Å². The van der Waals surface area contributed by atoms with Gasteiger partial charge in [-0.25, -0.2) is 0 Å².